The Hall–Kier alpha value is -0.870. The van der Waals surface area contributed by atoms with Crippen LogP contribution in [0.15, 0.2) is 6.20 Å². The van der Waals surface area contributed by atoms with E-state index in [1.807, 2.05) is 6.20 Å². The van der Waals surface area contributed by atoms with Crippen molar-refractivity contribution in [3.05, 3.63) is 17.7 Å². The Balaban J connectivity index is 1.72. The minimum Gasteiger partial charge on any atom is -0.383 e. The lowest BCUT2D eigenvalue weighted by Gasteiger charge is -2.00. The third-order valence-electron chi connectivity index (χ3n) is 2.41. The van der Waals surface area contributed by atoms with E-state index in [0.717, 1.165) is 25.5 Å². The van der Waals surface area contributed by atoms with Gasteiger partial charge in [0, 0.05) is 38.0 Å². The highest BCUT2D eigenvalue weighted by Crippen LogP contribution is 2.37. The predicted octanol–water partition coefficient (Wildman–Crippen LogP) is 1.02. The molecular weight excluding hydrogens is 178 g/mol. The lowest BCUT2D eigenvalue weighted by atomic mass is 10.4. The van der Waals surface area contributed by atoms with Crippen molar-refractivity contribution < 1.29 is 4.74 Å². The molecule has 1 aliphatic carbocycles. The van der Waals surface area contributed by atoms with E-state index in [1.165, 1.54) is 18.5 Å². The molecule has 2 N–H and O–H groups in total. The highest BCUT2D eigenvalue weighted by atomic mass is 16.5. The Morgan fingerprint density at radius 3 is 3.21 bits per heavy atom. The van der Waals surface area contributed by atoms with E-state index >= 15 is 0 Å². The van der Waals surface area contributed by atoms with Crippen molar-refractivity contribution in [2.75, 3.05) is 20.3 Å². The lowest BCUT2D eigenvalue weighted by Crippen LogP contribution is -2.18. The van der Waals surface area contributed by atoms with Crippen LogP contribution in [0.3, 0.4) is 0 Å². The third-order valence-corrected chi connectivity index (χ3v) is 2.41. The van der Waals surface area contributed by atoms with Crippen molar-refractivity contribution in [2.24, 2.45) is 0 Å². The average Bonchev–Trinajstić information content (AvgIpc) is 2.94. The van der Waals surface area contributed by atoms with E-state index in [-0.39, 0.29) is 0 Å². The van der Waals surface area contributed by atoms with Crippen LogP contribution in [0, 0.1) is 0 Å². The molecular formula is C10H17N3O. The van der Waals surface area contributed by atoms with Gasteiger partial charge in [-0.3, -0.25) is 0 Å². The topological polar surface area (TPSA) is 49.9 Å². The smallest absolute Gasteiger partial charge is 0.109 e. The maximum absolute atomic E-state index is 4.94. The molecule has 0 bridgehead atoms. The summed E-state index contributed by atoms with van der Waals surface area (Å²) < 4.78 is 4.94. The quantitative estimate of drug-likeness (QED) is 0.666. The molecule has 1 heterocycles. The summed E-state index contributed by atoms with van der Waals surface area (Å²) in [6, 6.07) is 0. The molecule has 0 radical (unpaired) electrons. The summed E-state index contributed by atoms with van der Waals surface area (Å²) >= 11 is 0. The Bertz CT molecular complexity index is 281. The van der Waals surface area contributed by atoms with Crippen LogP contribution in [0.2, 0.25) is 0 Å². The Morgan fingerprint density at radius 2 is 2.50 bits per heavy atom. The normalized spacial score (nSPS) is 16.1. The van der Waals surface area contributed by atoms with Gasteiger partial charge in [-0.2, -0.15) is 0 Å². The summed E-state index contributed by atoms with van der Waals surface area (Å²) in [7, 11) is 1.71. The first-order valence-electron chi connectivity index (χ1n) is 5.13. The minimum absolute atomic E-state index is 0.711. The molecule has 4 heteroatoms. The number of methoxy groups -OCH3 is 1. The van der Waals surface area contributed by atoms with Crippen molar-refractivity contribution in [2.45, 2.75) is 25.3 Å². The Morgan fingerprint density at radius 1 is 1.64 bits per heavy atom. The van der Waals surface area contributed by atoms with Crippen molar-refractivity contribution in [3.63, 3.8) is 0 Å². The van der Waals surface area contributed by atoms with Crippen molar-refractivity contribution in [1.29, 1.82) is 0 Å². The van der Waals surface area contributed by atoms with Crippen LogP contribution in [0.1, 0.15) is 30.3 Å². The van der Waals surface area contributed by atoms with Gasteiger partial charge in [0.15, 0.2) is 0 Å². The van der Waals surface area contributed by atoms with E-state index in [2.05, 4.69) is 15.3 Å². The zero-order valence-electron chi connectivity index (χ0n) is 8.55. The fraction of sp³-hybridized carbons (Fsp3) is 0.700. The van der Waals surface area contributed by atoms with Crippen LogP contribution in [0.5, 0.6) is 0 Å². The number of imidazole rings is 1. The number of nitrogens with zero attached hydrogens (tertiary/aromatic N) is 1. The van der Waals surface area contributed by atoms with E-state index < -0.39 is 0 Å². The molecule has 0 aromatic carbocycles. The molecule has 78 valence electrons. The van der Waals surface area contributed by atoms with Gasteiger partial charge in [0.25, 0.3) is 0 Å². The van der Waals surface area contributed by atoms with Crippen LogP contribution < -0.4 is 5.32 Å². The van der Waals surface area contributed by atoms with Crippen LogP contribution >= 0.6 is 0 Å². The van der Waals surface area contributed by atoms with Crippen LogP contribution in [-0.2, 0) is 11.3 Å². The van der Waals surface area contributed by atoms with E-state index in [9.17, 15) is 0 Å². The lowest BCUT2D eigenvalue weighted by molar-refractivity contribution is 0.199. The number of nitrogens with one attached hydrogen (secondary N) is 2. The molecule has 0 spiro atoms. The molecule has 2 rings (SSSR count). The first-order chi connectivity index (χ1) is 6.90. The zero-order chi connectivity index (χ0) is 9.80. The van der Waals surface area contributed by atoms with E-state index in [0.29, 0.717) is 5.92 Å². The number of H-pyrrole nitrogens is 1. The number of ether oxygens (including phenoxy) is 1. The van der Waals surface area contributed by atoms with Gasteiger partial charge >= 0.3 is 0 Å². The SMILES string of the molecule is COCCNCc1cnc(C2CC2)[nH]1. The molecule has 1 fully saturated rings. The standard InChI is InChI=1S/C10H17N3O/c1-14-5-4-11-6-9-7-12-10(13-9)8-2-3-8/h7-8,11H,2-6H2,1H3,(H,12,13). The molecule has 0 saturated heterocycles. The molecule has 0 amide bonds. The molecule has 1 aromatic heterocycles. The van der Waals surface area contributed by atoms with Crippen LogP contribution in [0.4, 0.5) is 0 Å². The van der Waals surface area contributed by atoms with Gasteiger partial charge in [-0.1, -0.05) is 0 Å². The average molecular weight is 195 g/mol. The summed E-state index contributed by atoms with van der Waals surface area (Å²) in [6.45, 7) is 2.49. The molecule has 1 aliphatic rings. The summed E-state index contributed by atoms with van der Waals surface area (Å²) in [5.41, 5.74) is 1.17. The molecule has 1 saturated carbocycles. The van der Waals surface area contributed by atoms with Gasteiger partial charge in [0.1, 0.15) is 5.82 Å². The van der Waals surface area contributed by atoms with Gasteiger partial charge < -0.3 is 15.0 Å². The summed E-state index contributed by atoms with van der Waals surface area (Å²) in [5.74, 6) is 1.87. The van der Waals surface area contributed by atoms with Gasteiger partial charge in [-0.05, 0) is 12.8 Å². The summed E-state index contributed by atoms with van der Waals surface area (Å²) in [6.07, 6.45) is 4.52. The third kappa shape index (κ3) is 2.56. The van der Waals surface area contributed by atoms with Crippen molar-refractivity contribution >= 4 is 0 Å². The van der Waals surface area contributed by atoms with Gasteiger partial charge in [-0.25, -0.2) is 4.98 Å². The van der Waals surface area contributed by atoms with Gasteiger partial charge in [0.05, 0.1) is 6.61 Å². The highest BCUT2D eigenvalue weighted by molar-refractivity contribution is 5.10. The van der Waals surface area contributed by atoms with Gasteiger partial charge in [0.2, 0.25) is 0 Å². The number of hydrogen-bond acceptors (Lipinski definition) is 3. The van der Waals surface area contributed by atoms with Crippen molar-refractivity contribution in [1.82, 2.24) is 15.3 Å². The summed E-state index contributed by atoms with van der Waals surface area (Å²) in [4.78, 5) is 7.69. The number of aromatic nitrogens is 2. The predicted molar refractivity (Wildman–Crippen MR) is 54.1 cm³/mol. The van der Waals surface area contributed by atoms with E-state index in [1.54, 1.807) is 7.11 Å². The van der Waals surface area contributed by atoms with E-state index in [4.69, 9.17) is 4.74 Å². The Kier molecular flexibility index (Phi) is 3.16. The second-order valence-corrected chi connectivity index (χ2v) is 3.74. The fourth-order valence-corrected chi connectivity index (χ4v) is 1.43. The van der Waals surface area contributed by atoms with Crippen LogP contribution in [0.25, 0.3) is 0 Å². The Labute approximate surface area is 84.1 Å². The van der Waals surface area contributed by atoms with Gasteiger partial charge in [-0.15, -0.1) is 0 Å². The molecule has 14 heavy (non-hydrogen) atoms. The van der Waals surface area contributed by atoms with Crippen LogP contribution in [-0.4, -0.2) is 30.2 Å². The molecule has 0 unspecified atom stereocenters. The maximum atomic E-state index is 4.94. The van der Waals surface area contributed by atoms with Crippen molar-refractivity contribution in [3.8, 4) is 0 Å². The first-order valence-corrected chi connectivity index (χ1v) is 5.13. The molecule has 1 aromatic rings. The first kappa shape index (κ1) is 9.68. The second-order valence-electron chi connectivity index (χ2n) is 3.74. The maximum Gasteiger partial charge on any atom is 0.109 e. The minimum atomic E-state index is 0.711. The fourth-order valence-electron chi connectivity index (χ4n) is 1.43. The summed E-state index contributed by atoms with van der Waals surface area (Å²) in [5, 5.41) is 3.28. The largest absolute Gasteiger partial charge is 0.383 e. The second kappa shape index (κ2) is 4.57. The molecule has 4 nitrogen and oxygen atoms in total. The number of rotatable bonds is 6. The molecule has 0 aliphatic heterocycles. The number of aromatic amines is 1. The zero-order valence-corrected chi connectivity index (χ0v) is 8.55. The monoisotopic (exact) mass is 195 g/mol. The molecule has 0 atom stereocenters. The highest BCUT2D eigenvalue weighted by Gasteiger charge is 2.26. The number of hydrogen-bond donors (Lipinski definition) is 2.